The van der Waals surface area contributed by atoms with Crippen molar-refractivity contribution in [1.82, 2.24) is 4.90 Å². The molecule has 2 N–H and O–H groups in total. The van der Waals surface area contributed by atoms with Crippen LogP contribution >= 0.6 is 12.4 Å². The topological polar surface area (TPSA) is 38.5 Å². The number of likely N-dealkylation sites (tertiary alicyclic amines) is 1. The molecule has 1 aromatic carbocycles. The first kappa shape index (κ1) is 16.1. The Morgan fingerprint density at radius 1 is 1.05 bits per heavy atom. The maximum absolute atomic E-state index is 6.21. The second-order valence-electron chi connectivity index (χ2n) is 7.26. The van der Waals surface area contributed by atoms with Gasteiger partial charge in [0.2, 0.25) is 0 Å². The molecule has 0 radical (unpaired) electrons. The van der Waals surface area contributed by atoms with E-state index < -0.39 is 0 Å². The van der Waals surface area contributed by atoms with E-state index in [9.17, 15) is 0 Å². The highest BCUT2D eigenvalue weighted by atomic mass is 35.5. The number of rotatable bonds is 5. The molecule has 122 valence electrons. The van der Waals surface area contributed by atoms with Gasteiger partial charge in [0.25, 0.3) is 0 Å². The molecular formula is C18H27ClN2O. The van der Waals surface area contributed by atoms with Crippen LogP contribution < -0.4 is 10.5 Å². The van der Waals surface area contributed by atoms with Gasteiger partial charge in [-0.3, -0.25) is 4.90 Å². The Labute approximate surface area is 139 Å². The smallest absolute Gasteiger partial charge is 0.119 e. The van der Waals surface area contributed by atoms with E-state index in [0.29, 0.717) is 6.04 Å². The fourth-order valence-electron chi connectivity index (χ4n) is 3.98. The van der Waals surface area contributed by atoms with E-state index in [0.717, 1.165) is 36.7 Å². The predicted molar refractivity (Wildman–Crippen MR) is 91.4 cm³/mol. The Bertz CT molecular complexity index is 488. The number of halogens is 1. The molecule has 3 atom stereocenters. The van der Waals surface area contributed by atoms with Crippen LogP contribution in [0.25, 0.3) is 0 Å². The molecule has 4 rings (SSSR count). The van der Waals surface area contributed by atoms with Crippen molar-refractivity contribution in [2.45, 2.75) is 38.3 Å². The van der Waals surface area contributed by atoms with Gasteiger partial charge in [0.15, 0.2) is 0 Å². The molecule has 3 unspecified atom stereocenters. The SMILES string of the molecule is Cl.NC1CCC2CN(Cc3ccc(OCC4CC4)cc3)CC12. The fourth-order valence-corrected chi connectivity index (χ4v) is 3.98. The number of hydrogen-bond acceptors (Lipinski definition) is 3. The van der Waals surface area contributed by atoms with Crippen LogP contribution in [-0.4, -0.2) is 30.6 Å². The highest BCUT2D eigenvalue weighted by Gasteiger charge is 2.40. The lowest BCUT2D eigenvalue weighted by Gasteiger charge is -2.18. The molecule has 3 nitrogen and oxygen atoms in total. The standard InChI is InChI=1S/C18H26N2O.ClH/c19-18-8-5-15-10-20(11-17(15)18)9-13-3-6-16(7-4-13)21-12-14-1-2-14;/h3-4,6-7,14-15,17-18H,1-2,5,8-12,19H2;1H. The second kappa shape index (κ2) is 6.77. The van der Waals surface area contributed by atoms with Crippen LogP contribution in [0.2, 0.25) is 0 Å². The highest BCUT2D eigenvalue weighted by Crippen LogP contribution is 2.37. The molecule has 1 heterocycles. The van der Waals surface area contributed by atoms with Crippen molar-refractivity contribution in [3.05, 3.63) is 29.8 Å². The molecule has 3 fully saturated rings. The summed E-state index contributed by atoms with van der Waals surface area (Å²) in [5.41, 5.74) is 7.61. The minimum Gasteiger partial charge on any atom is -0.493 e. The average molecular weight is 323 g/mol. The molecule has 1 aromatic rings. The third kappa shape index (κ3) is 3.58. The van der Waals surface area contributed by atoms with Crippen LogP contribution in [0, 0.1) is 17.8 Å². The van der Waals surface area contributed by atoms with E-state index in [-0.39, 0.29) is 12.4 Å². The van der Waals surface area contributed by atoms with E-state index >= 15 is 0 Å². The maximum Gasteiger partial charge on any atom is 0.119 e. The minimum absolute atomic E-state index is 0. The molecule has 1 saturated heterocycles. The lowest BCUT2D eigenvalue weighted by molar-refractivity contribution is 0.294. The van der Waals surface area contributed by atoms with Gasteiger partial charge in [0.05, 0.1) is 6.61 Å². The Morgan fingerprint density at radius 3 is 2.50 bits per heavy atom. The molecule has 0 bridgehead atoms. The molecule has 1 aliphatic heterocycles. The van der Waals surface area contributed by atoms with Crippen molar-refractivity contribution in [2.24, 2.45) is 23.5 Å². The first-order chi connectivity index (χ1) is 10.3. The highest BCUT2D eigenvalue weighted by molar-refractivity contribution is 5.85. The van der Waals surface area contributed by atoms with Crippen molar-refractivity contribution in [2.75, 3.05) is 19.7 Å². The van der Waals surface area contributed by atoms with E-state index in [1.807, 2.05) is 0 Å². The van der Waals surface area contributed by atoms with Gasteiger partial charge in [0.1, 0.15) is 5.75 Å². The quantitative estimate of drug-likeness (QED) is 0.905. The van der Waals surface area contributed by atoms with Gasteiger partial charge in [-0.05, 0) is 61.1 Å². The van der Waals surface area contributed by atoms with Crippen LogP contribution in [0.5, 0.6) is 5.75 Å². The molecule has 22 heavy (non-hydrogen) atoms. The van der Waals surface area contributed by atoms with Gasteiger partial charge in [0, 0.05) is 25.7 Å². The lowest BCUT2D eigenvalue weighted by Crippen LogP contribution is -2.30. The van der Waals surface area contributed by atoms with Crippen LogP contribution in [0.4, 0.5) is 0 Å². The van der Waals surface area contributed by atoms with Crippen LogP contribution in [-0.2, 0) is 6.54 Å². The van der Waals surface area contributed by atoms with Gasteiger partial charge < -0.3 is 10.5 Å². The van der Waals surface area contributed by atoms with Gasteiger partial charge >= 0.3 is 0 Å². The van der Waals surface area contributed by atoms with Crippen molar-refractivity contribution < 1.29 is 4.74 Å². The van der Waals surface area contributed by atoms with Crippen molar-refractivity contribution in [1.29, 1.82) is 0 Å². The van der Waals surface area contributed by atoms with Crippen LogP contribution in [0.15, 0.2) is 24.3 Å². The monoisotopic (exact) mass is 322 g/mol. The molecule has 3 aliphatic rings. The van der Waals surface area contributed by atoms with E-state index in [2.05, 4.69) is 29.2 Å². The summed E-state index contributed by atoms with van der Waals surface area (Å²) in [6, 6.07) is 9.13. The summed E-state index contributed by atoms with van der Waals surface area (Å²) >= 11 is 0. The van der Waals surface area contributed by atoms with E-state index in [1.165, 1.54) is 44.3 Å². The van der Waals surface area contributed by atoms with Crippen LogP contribution in [0.1, 0.15) is 31.2 Å². The summed E-state index contributed by atoms with van der Waals surface area (Å²) < 4.78 is 5.80. The first-order valence-electron chi connectivity index (χ1n) is 8.47. The number of nitrogens with zero attached hydrogens (tertiary/aromatic N) is 1. The number of hydrogen-bond donors (Lipinski definition) is 1. The summed E-state index contributed by atoms with van der Waals surface area (Å²) in [7, 11) is 0. The van der Waals surface area contributed by atoms with Gasteiger partial charge in [-0.25, -0.2) is 0 Å². The normalized spacial score (nSPS) is 30.9. The average Bonchev–Trinajstić information content (AvgIpc) is 3.15. The van der Waals surface area contributed by atoms with Crippen molar-refractivity contribution in [3.8, 4) is 5.75 Å². The predicted octanol–water partition coefficient (Wildman–Crippen LogP) is 3.07. The van der Waals surface area contributed by atoms with Gasteiger partial charge in [-0.1, -0.05) is 12.1 Å². The molecular weight excluding hydrogens is 296 g/mol. The summed E-state index contributed by atoms with van der Waals surface area (Å²) in [4.78, 5) is 2.58. The Kier molecular flexibility index (Phi) is 4.96. The van der Waals surface area contributed by atoms with Crippen molar-refractivity contribution in [3.63, 3.8) is 0 Å². The molecule has 0 aromatic heterocycles. The van der Waals surface area contributed by atoms with Gasteiger partial charge in [-0.15, -0.1) is 12.4 Å². The van der Waals surface area contributed by atoms with Gasteiger partial charge in [-0.2, -0.15) is 0 Å². The molecule has 2 saturated carbocycles. The second-order valence-corrected chi connectivity index (χ2v) is 7.26. The zero-order valence-electron chi connectivity index (χ0n) is 13.1. The molecule has 0 amide bonds. The molecule has 0 spiro atoms. The summed E-state index contributed by atoms with van der Waals surface area (Å²) in [5, 5.41) is 0. The Morgan fingerprint density at radius 2 is 1.82 bits per heavy atom. The largest absolute Gasteiger partial charge is 0.493 e. The third-order valence-corrected chi connectivity index (χ3v) is 5.50. The minimum atomic E-state index is 0. The first-order valence-corrected chi connectivity index (χ1v) is 8.47. The third-order valence-electron chi connectivity index (χ3n) is 5.50. The number of ether oxygens (including phenoxy) is 1. The fraction of sp³-hybridized carbons (Fsp3) is 0.667. The summed E-state index contributed by atoms with van der Waals surface area (Å²) in [5.74, 6) is 3.43. The Balaban J connectivity index is 0.00000144. The van der Waals surface area contributed by atoms with Crippen LogP contribution in [0.3, 0.4) is 0 Å². The molecule has 4 heteroatoms. The zero-order chi connectivity index (χ0) is 14.2. The summed E-state index contributed by atoms with van der Waals surface area (Å²) in [6.07, 6.45) is 5.25. The number of nitrogens with two attached hydrogens (primary N) is 1. The number of benzene rings is 1. The maximum atomic E-state index is 6.21. The van der Waals surface area contributed by atoms with E-state index in [4.69, 9.17) is 10.5 Å². The lowest BCUT2D eigenvalue weighted by atomic mass is 9.98. The van der Waals surface area contributed by atoms with Crippen molar-refractivity contribution >= 4 is 12.4 Å². The number of fused-ring (bicyclic) bond motifs is 1. The van der Waals surface area contributed by atoms with E-state index in [1.54, 1.807) is 0 Å². The molecule has 2 aliphatic carbocycles. The Hall–Kier alpha value is -0.770. The summed E-state index contributed by atoms with van der Waals surface area (Å²) in [6.45, 7) is 4.37. The zero-order valence-corrected chi connectivity index (χ0v) is 13.9.